The highest BCUT2D eigenvalue weighted by Crippen LogP contribution is 2.26. The molecule has 4 nitrogen and oxygen atoms in total. The van der Waals surface area contributed by atoms with Crippen molar-refractivity contribution in [1.82, 2.24) is 15.0 Å². The molecule has 20 heavy (non-hydrogen) atoms. The van der Waals surface area contributed by atoms with Gasteiger partial charge in [-0.25, -0.2) is 4.68 Å². The van der Waals surface area contributed by atoms with Crippen molar-refractivity contribution in [2.45, 2.75) is 25.8 Å². The lowest BCUT2D eigenvalue weighted by molar-refractivity contribution is 0.652. The Labute approximate surface area is 122 Å². The second-order valence-corrected chi connectivity index (χ2v) is 5.82. The minimum absolute atomic E-state index is 0.745. The van der Waals surface area contributed by atoms with Gasteiger partial charge in [0, 0.05) is 10.9 Å². The molecule has 0 unspecified atom stereocenters. The molecule has 0 fully saturated rings. The van der Waals surface area contributed by atoms with Crippen molar-refractivity contribution in [2.24, 2.45) is 5.73 Å². The summed E-state index contributed by atoms with van der Waals surface area (Å²) in [6.07, 6.45) is 5.13. The summed E-state index contributed by atoms with van der Waals surface area (Å²) in [6, 6.07) is 8.48. The first-order valence-corrected chi connectivity index (χ1v) is 7.79. The Morgan fingerprint density at radius 2 is 2.10 bits per heavy atom. The molecule has 3 rings (SSSR count). The fraction of sp³-hybridized carbons (Fsp3) is 0.333. The van der Waals surface area contributed by atoms with Crippen LogP contribution in [0.2, 0.25) is 0 Å². The summed E-state index contributed by atoms with van der Waals surface area (Å²) >= 11 is 1.78. The molecule has 0 aliphatic rings. The van der Waals surface area contributed by atoms with Crippen molar-refractivity contribution in [3.63, 3.8) is 0 Å². The summed E-state index contributed by atoms with van der Waals surface area (Å²) in [7, 11) is 0. The van der Waals surface area contributed by atoms with E-state index >= 15 is 0 Å². The highest BCUT2D eigenvalue weighted by atomic mass is 32.1. The van der Waals surface area contributed by atoms with Gasteiger partial charge in [0.1, 0.15) is 0 Å². The molecule has 0 aliphatic carbocycles. The Morgan fingerprint density at radius 1 is 1.20 bits per heavy atom. The van der Waals surface area contributed by atoms with Gasteiger partial charge in [0.15, 0.2) is 0 Å². The zero-order chi connectivity index (χ0) is 13.8. The lowest BCUT2D eigenvalue weighted by Crippen LogP contribution is -1.99. The Hall–Kier alpha value is -1.72. The molecule has 1 aromatic carbocycles. The van der Waals surface area contributed by atoms with Crippen molar-refractivity contribution in [3.05, 3.63) is 47.1 Å². The predicted octanol–water partition coefficient (Wildman–Crippen LogP) is 2.82. The van der Waals surface area contributed by atoms with Crippen molar-refractivity contribution in [1.29, 1.82) is 0 Å². The average Bonchev–Trinajstić information content (AvgIpc) is 3.08. The van der Waals surface area contributed by atoms with Gasteiger partial charge in [-0.3, -0.25) is 0 Å². The van der Waals surface area contributed by atoms with E-state index in [9.17, 15) is 0 Å². The number of thiophene rings is 1. The van der Waals surface area contributed by atoms with Crippen LogP contribution in [-0.4, -0.2) is 21.5 Å². The molecule has 0 saturated carbocycles. The van der Waals surface area contributed by atoms with Gasteiger partial charge in [-0.05, 0) is 48.2 Å². The molecule has 5 heteroatoms. The Balaban J connectivity index is 1.71. The summed E-state index contributed by atoms with van der Waals surface area (Å²) in [5, 5.41) is 12.0. The molecule has 0 radical (unpaired) electrons. The number of benzene rings is 1. The van der Waals surface area contributed by atoms with Crippen LogP contribution in [0.25, 0.3) is 10.1 Å². The molecule has 2 aromatic heterocycles. The highest BCUT2D eigenvalue weighted by Gasteiger charge is 2.06. The van der Waals surface area contributed by atoms with Crippen LogP contribution >= 0.6 is 11.3 Å². The van der Waals surface area contributed by atoms with Crippen LogP contribution in [0.5, 0.6) is 0 Å². The third-order valence-electron chi connectivity index (χ3n) is 3.37. The van der Waals surface area contributed by atoms with E-state index in [2.05, 4.69) is 40.0 Å². The number of fused-ring (bicyclic) bond motifs is 1. The van der Waals surface area contributed by atoms with Gasteiger partial charge in [0.2, 0.25) is 0 Å². The minimum Gasteiger partial charge on any atom is -0.330 e. The largest absolute Gasteiger partial charge is 0.330 e. The molecule has 104 valence electrons. The summed E-state index contributed by atoms with van der Waals surface area (Å²) in [5.41, 5.74) is 7.86. The number of rotatable bonds is 6. The Morgan fingerprint density at radius 3 is 3.00 bits per heavy atom. The molecule has 2 N–H and O–H groups in total. The number of hydrogen-bond acceptors (Lipinski definition) is 4. The topological polar surface area (TPSA) is 56.7 Å². The van der Waals surface area contributed by atoms with Gasteiger partial charge in [-0.15, -0.1) is 16.4 Å². The highest BCUT2D eigenvalue weighted by molar-refractivity contribution is 7.17. The van der Waals surface area contributed by atoms with E-state index in [1.54, 1.807) is 11.3 Å². The van der Waals surface area contributed by atoms with Crippen LogP contribution in [0, 0.1) is 0 Å². The van der Waals surface area contributed by atoms with Gasteiger partial charge in [0.25, 0.3) is 0 Å². The zero-order valence-electron chi connectivity index (χ0n) is 11.3. The van der Waals surface area contributed by atoms with Crippen molar-refractivity contribution in [2.75, 3.05) is 6.54 Å². The zero-order valence-corrected chi connectivity index (χ0v) is 12.1. The van der Waals surface area contributed by atoms with Crippen molar-refractivity contribution < 1.29 is 0 Å². The third-order valence-corrected chi connectivity index (χ3v) is 4.38. The molecule has 0 amide bonds. The Bertz CT molecular complexity index is 686. The van der Waals surface area contributed by atoms with Crippen LogP contribution in [0.3, 0.4) is 0 Å². The van der Waals surface area contributed by atoms with Crippen LogP contribution in [0.15, 0.2) is 35.8 Å². The third kappa shape index (κ3) is 2.89. The molecular formula is C15H18N4S. The quantitative estimate of drug-likeness (QED) is 0.709. The standard InChI is InChI=1S/C15H18N4S/c16-8-4-3-5-13-10-19(18-17-13)9-12-11-20-15-7-2-1-6-14(12)15/h1-2,6-7,10-11H,3-5,8-9,16H2. The summed E-state index contributed by atoms with van der Waals surface area (Å²) in [5.74, 6) is 0. The van der Waals surface area contributed by atoms with Crippen LogP contribution in [-0.2, 0) is 13.0 Å². The van der Waals surface area contributed by atoms with E-state index in [0.29, 0.717) is 0 Å². The lowest BCUT2D eigenvalue weighted by Gasteiger charge is -1.99. The van der Waals surface area contributed by atoms with Crippen LogP contribution in [0.1, 0.15) is 24.1 Å². The molecule has 0 bridgehead atoms. The molecule has 2 heterocycles. The molecule has 0 aliphatic heterocycles. The molecule has 0 spiro atoms. The maximum Gasteiger partial charge on any atom is 0.0827 e. The summed E-state index contributed by atoms with van der Waals surface area (Å²) in [6.45, 7) is 1.53. The second-order valence-electron chi connectivity index (χ2n) is 4.91. The fourth-order valence-electron chi connectivity index (χ4n) is 2.31. The van der Waals surface area contributed by atoms with Gasteiger partial charge < -0.3 is 5.73 Å². The van der Waals surface area contributed by atoms with E-state index in [4.69, 9.17) is 5.73 Å². The van der Waals surface area contributed by atoms with Gasteiger partial charge in [-0.1, -0.05) is 23.4 Å². The van der Waals surface area contributed by atoms with Crippen molar-refractivity contribution >= 4 is 21.4 Å². The minimum atomic E-state index is 0.745. The first-order chi connectivity index (χ1) is 9.86. The smallest absolute Gasteiger partial charge is 0.0827 e. The van der Waals surface area contributed by atoms with E-state index < -0.39 is 0 Å². The number of hydrogen-bond donors (Lipinski definition) is 1. The number of aryl methyl sites for hydroxylation is 1. The number of nitrogens with two attached hydrogens (primary N) is 1. The normalized spacial score (nSPS) is 11.2. The fourth-order valence-corrected chi connectivity index (χ4v) is 3.26. The number of unbranched alkanes of at least 4 members (excludes halogenated alkanes) is 1. The number of aromatic nitrogens is 3. The van der Waals surface area contributed by atoms with Crippen LogP contribution in [0.4, 0.5) is 0 Å². The molecule has 0 saturated heterocycles. The maximum atomic E-state index is 5.50. The Kier molecular flexibility index (Phi) is 4.08. The van der Waals surface area contributed by atoms with Crippen molar-refractivity contribution in [3.8, 4) is 0 Å². The first-order valence-electron chi connectivity index (χ1n) is 6.91. The summed E-state index contributed by atoms with van der Waals surface area (Å²) in [4.78, 5) is 0. The van der Waals surface area contributed by atoms with Gasteiger partial charge in [0.05, 0.1) is 12.2 Å². The molecular weight excluding hydrogens is 268 g/mol. The predicted molar refractivity (Wildman–Crippen MR) is 82.9 cm³/mol. The molecule has 3 aromatic rings. The second kappa shape index (κ2) is 6.15. The average molecular weight is 286 g/mol. The SMILES string of the molecule is NCCCCc1cn(Cc2csc3ccccc23)nn1. The lowest BCUT2D eigenvalue weighted by atomic mass is 10.2. The molecule has 0 atom stereocenters. The van der Waals surface area contributed by atoms with E-state index in [1.165, 1.54) is 15.6 Å². The van der Waals surface area contributed by atoms with Gasteiger partial charge in [-0.2, -0.15) is 0 Å². The van der Waals surface area contributed by atoms with Gasteiger partial charge >= 0.3 is 0 Å². The van der Waals surface area contributed by atoms with E-state index in [0.717, 1.165) is 38.0 Å². The monoisotopic (exact) mass is 286 g/mol. The van der Waals surface area contributed by atoms with E-state index in [-0.39, 0.29) is 0 Å². The number of nitrogens with zero attached hydrogens (tertiary/aromatic N) is 3. The van der Waals surface area contributed by atoms with E-state index in [1.807, 2.05) is 10.9 Å². The maximum absolute atomic E-state index is 5.50. The summed E-state index contributed by atoms with van der Waals surface area (Å²) < 4.78 is 3.25. The van der Waals surface area contributed by atoms with Crippen LogP contribution < -0.4 is 5.73 Å². The first kappa shape index (κ1) is 13.3.